The van der Waals surface area contributed by atoms with Crippen LogP contribution in [-0.4, -0.2) is 89.0 Å². The third-order valence-corrected chi connectivity index (χ3v) is 8.56. The first kappa shape index (κ1) is 48.2. The third kappa shape index (κ3) is 25.7. The van der Waals surface area contributed by atoms with E-state index in [2.05, 4.69) is 86.8 Å². The standard InChI is InChI=1S/C43H70O10/c1-3-5-7-9-11-13-15-17-18-20-22-24-26-28-30-32-39(46)52-36(35-51-43-42(49)41(48)40(47)37(33-44)53-43)34-50-38(45)31-29-27-25-23-21-19-16-14-12-10-8-6-4-2/h5,7-8,10-11,13-14,16-18,22,24,36-37,40-44,47-49H,3-4,6,9,12,15,19-21,23,25-35H2,1-2H3/b7-5-,10-8-,13-11-,16-14-,18-17-,24-22-. The summed E-state index contributed by atoms with van der Waals surface area (Å²) in [5.74, 6) is -0.882. The molecule has 0 aromatic carbocycles. The van der Waals surface area contributed by atoms with Gasteiger partial charge in [-0.1, -0.05) is 112 Å². The summed E-state index contributed by atoms with van der Waals surface area (Å²) in [6, 6.07) is 0. The molecule has 0 spiro atoms. The number of allylic oxidation sites excluding steroid dienone is 12. The minimum atomic E-state index is -1.61. The van der Waals surface area contributed by atoms with Crippen LogP contribution in [0, 0.1) is 0 Å². The molecule has 53 heavy (non-hydrogen) atoms. The molecule has 1 saturated heterocycles. The van der Waals surface area contributed by atoms with E-state index < -0.39 is 55.4 Å². The van der Waals surface area contributed by atoms with E-state index >= 15 is 0 Å². The van der Waals surface area contributed by atoms with Crippen molar-refractivity contribution in [3.8, 4) is 0 Å². The molecule has 1 rings (SSSR count). The quantitative estimate of drug-likeness (QED) is 0.0316. The number of unbranched alkanes of at least 4 members (excludes halogenated alkanes) is 8. The Morgan fingerprint density at radius 2 is 1.11 bits per heavy atom. The highest BCUT2D eigenvalue weighted by molar-refractivity contribution is 5.70. The first-order valence-electron chi connectivity index (χ1n) is 20.0. The largest absolute Gasteiger partial charge is 0.462 e. The van der Waals surface area contributed by atoms with Gasteiger partial charge in [-0.25, -0.2) is 0 Å². The average Bonchev–Trinajstić information content (AvgIpc) is 3.15. The fourth-order valence-electron chi connectivity index (χ4n) is 5.39. The number of aliphatic hydroxyl groups is 4. The van der Waals surface area contributed by atoms with Gasteiger partial charge in [0.05, 0.1) is 13.2 Å². The molecule has 0 saturated carbocycles. The molecule has 1 aliphatic rings. The molecule has 0 aliphatic carbocycles. The number of hydrogen-bond donors (Lipinski definition) is 4. The van der Waals surface area contributed by atoms with Gasteiger partial charge in [-0.15, -0.1) is 0 Å². The number of ether oxygens (including phenoxy) is 4. The monoisotopic (exact) mass is 746 g/mol. The van der Waals surface area contributed by atoms with Crippen molar-refractivity contribution in [2.45, 2.75) is 166 Å². The van der Waals surface area contributed by atoms with E-state index in [4.69, 9.17) is 18.9 Å². The molecule has 10 nitrogen and oxygen atoms in total. The number of aliphatic hydroxyl groups excluding tert-OH is 4. The van der Waals surface area contributed by atoms with Crippen LogP contribution in [0.25, 0.3) is 0 Å². The number of rotatable bonds is 31. The topological polar surface area (TPSA) is 152 Å². The second-order valence-electron chi connectivity index (χ2n) is 13.3. The number of esters is 2. The maximum atomic E-state index is 12.7. The molecule has 0 bridgehead atoms. The molecule has 1 heterocycles. The lowest BCUT2D eigenvalue weighted by Gasteiger charge is -2.39. The van der Waals surface area contributed by atoms with Crippen molar-refractivity contribution in [3.63, 3.8) is 0 Å². The molecular weight excluding hydrogens is 676 g/mol. The van der Waals surface area contributed by atoms with Crippen molar-refractivity contribution in [1.82, 2.24) is 0 Å². The third-order valence-electron chi connectivity index (χ3n) is 8.56. The van der Waals surface area contributed by atoms with Crippen molar-refractivity contribution in [2.75, 3.05) is 19.8 Å². The molecule has 0 aromatic rings. The average molecular weight is 747 g/mol. The van der Waals surface area contributed by atoms with Gasteiger partial charge in [0, 0.05) is 12.8 Å². The molecule has 302 valence electrons. The van der Waals surface area contributed by atoms with Gasteiger partial charge in [0.25, 0.3) is 0 Å². The van der Waals surface area contributed by atoms with Gasteiger partial charge in [-0.2, -0.15) is 0 Å². The Labute approximate surface area is 319 Å². The van der Waals surface area contributed by atoms with Gasteiger partial charge in [-0.3, -0.25) is 9.59 Å². The van der Waals surface area contributed by atoms with E-state index in [0.29, 0.717) is 12.8 Å². The molecule has 6 atom stereocenters. The van der Waals surface area contributed by atoms with Gasteiger partial charge in [-0.05, 0) is 77.0 Å². The van der Waals surface area contributed by atoms with Crippen LogP contribution in [0.3, 0.4) is 0 Å². The predicted octanol–water partition coefficient (Wildman–Crippen LogP) is 7.66. The van der Waals surface area contributed by atoms with E-state index in [9.17, 15) is 30.0 Å². The van der Waals surface area contributed by atoms with Gasteiger partial charge in [0.2, 0.25) is 0 Å². The zero-order valence-electron chi connectivity index (χ0n) is 32.5. The molecular formula is C43H70O10. The lowest BCUT2D eigenvalue weighted by Crippen LogP contribution is -2.59. The van der Waals surface area contributed by atoms with E-state index in [1.54, 1.807) is 0 Å². The minimum Gasteiger partial charge on any atom is -0.462 e. The van der Waals surface area contributed by atoms with Crippen molar-refractivity contribution in [1.29, 1.82) is 0 Å². The Kier molecular flexibility index (Phi) is 30.6. The lowest BCUT2D eigenvalue weighted by molar-refractivity contribution is -0.305. The van der Waals surface area contributed by atoms with Crippen LogP contribution >= 0.6 is 0 Å². The van der Waals surface area contributed by atoms with Crippen LogP contribution in [0.1, 0.15) is 129 Å². The zero-order chi connectivity index (χ0) is 38.8. The number of carbonyl (C=O) groups is 2. The van der Waals surface area contributed by atoms with Crippen molar-refractivity contribution < 1.29 is 49.0 Å². The van der Waals surface area contributed by atoms with Crippen LogP contribution in [0.4, 0.5) is 0 Å². The Morgan fingerprint density at radius 3 is 1.72 bits per heavy atom. The summed E-state index contributed by atoms with van der Waals surface area (Å²) >= 11 is 0. The molecule has 0 radical (unpaired) electrons. The van der Waals surface area contributed by atoms with E-state index in [1.165, 1.54) is 6.42 Å². The summed E-state index contributed by atoms with van der Waals surface area (Å²) < 4.78 is 22.0. The summed E-state index contributed by atoms with van der Waals surface area (Å²) in [6.07, 6.45) is 33.4. The number of carbonyl (C=O) groups excluding carboxylic acids is 2. The highest BCUT2D eigenvalue weighted by Crippen LogP contribution is 2.22. The van der Waals surface area contributed by atoms with Crippen LogP contribution in [-0.2, 0) is 28.5 Å². The van der Waals surface area contributed by atoms with Gasteiger partial charge >= 0.3 is 11.9 Å². The molecule has 6 unspecified atom stereocenters. The van der Waals surface area contributed by atoms with Crippen LogP contribution in [0.2, 0.25) is 0 Å². The first-order chi connectivity index (χ1) is 25.8. The van der Waals surface area contributed by atoms with Crippen molar-refractivity contribution in [3.05, 3.63) is 72.9 Å². The SMILES string of the molecule is CC/C=C\C/C=C\C/C=C\C/C=C\CCCCC(=O)OC(COC(=O)CCCCCCC/C=C\C/C=C\CCC)COC1OC(CO)C(O)C(O)C1O. The summed E-state index contributed by atoms with van der Waals surface area (Å²) in [5.41, 5.74) is 0. The molecule has 0 aromatic heterocycles. The number of hydrogen-bond acceptors (Lipinski definition) is 10. The molecule has 1 aliphatic heterocycles. The molecule has 4 N–H and O–H groups in total. The molecule has 10 heteroatoms. The van der Waals surface area contributed by atoms with Crippen LogP contribution in [0.15, 0.2) is 72.9 Å². The first-order valence-corrected chi connectivity index (χ1v) is 20.0. The van der Waals surface area contributed by atoms with E-state index in [1.807, 2.05) is 0 Å². The van der Waals surface area contributed by atoms with Crippen molar-refractivity contribution in [2.24, 2.45) is 0 Å². The Balaban J connectivity index is 2.44. The summed E-state index contributed by atoms with van der Waals surface area (Å²) in [7, 11) is 0. The fraction of sp³-hybridized carbons (Fsp3) is 0.674. The van der Waals surface area contributed by atoms with Crippen LogP contribution < -0.4 is 0 Å². The summed E-state index contributed by atoms with van der Waals surface area (Å²) in [6.45, 7) is 3.15. The maximum absolute atomic E-state index is 12.7. The lowest BCUT2D eigenvalue weighted by atomic mass is 9.99. The van der Waals surface area contributed by atoms with Gasteiger partial charge < -0.3 is 39.4 Å². The highest BCUT2D eigenvalue weighted by atomic mass is 16.7. The van der Waals surface area contributed by atoms with Crippen molar-refractivity contribution >= 4 is 11.9 Å². The Bertz CT molecular complexity index is 1090. The normalized spacial score (nSPS) is 21.7. The summed E-state index contributed by atoms with van der Waals surface area (Å²) in [5, 5.41) is 39.9. The Hall–Kier alpha value is -2.86. The fourth-order valence-corrected chi connectivity index (χ4v) is 5.39. The maximum Gasteiger partial charge on any atom is 0.306 e. The van der Waals surface area contributed by atoms with Gasteiger partial charge in [0.15, 0.2) is 12.4 Å². The highest BCUT2D eigenvalue weighted by Gasteiger charge is 2.44. The minimum absolute atomic E-state index is 0.170. The van der Waals surface area contributed by atoms with E-state index in [0.717, 1.165) is 83.5 Å². The molecule has 1 fully saturated rings. The van der Waals surface area contributed by atoms with Gasteiger partial charge in [0.1, 0.15) is 31.0 Å². The zero-order valence-corrected chi connectivity index (χ0v) is 32.5. The predicted molar refractivity (Wildman–Crippen MR) is 210 cm³/mol. The smallest absolute Gasteiger partial charge is 0.306 e. The second kappa shape index (κ2) is 33.7. The van der Waals surface area contributed by atoms with E-state index in [-0.39, 0.29) is 26.1 Å². The second-order valence-corrected chi connectivity index (χ2v) is 13.3. The summed E-state index contributed by atoms with van der Waals surface area (Å²) in [4.78, 5) is 25.2. The van der Waals surface area contributed by atoms with Crippen LogP contribution in [0.5, 0.6) is 0 Å². The Morgan fingerprint density at radius 1 is 0.604 bits per heavy atom. The molecule has 0 amide bonds.